The molecular formula is C14H19F2NO. The molecule has 0 spiro atoms. The Hall–Kier alpha value is -1.00. The number of hydrogen-bond donors (Lipinski definition) is 1. The lowest BCUT2D eigenvalue weighted by Crippen LogP contribution is -2.30. The molecule has 2 atom stereocenters. The molecule has 2 rings (SSSR count). The Morgan fingerprint density at radius 3 is 2.94 bits per heavy atom. The first-order valence-corrected chi connectivity index (χ1v) is 6.38. The van der Waals surface area contributed by atoms with Gasteiger partial charge in [-0.2, -0.15) is 0 Å². The van der Waals surface area contributed by atoms with Crippen molar-refractivity contribution in [2.45, 2.75) is 25.3 Å². The highest BCUT2D eigenvalue weighted by Gasteiger charge is 2.21. The van der Waals surface area contributed by atoms with Gasteiger partial charge >= 0.3 is 0 Å². The number of nitrogens with one attached hydrogen (secondary N) is 1. The summed E-state index contributed by atoms with van der Waals surface area (Å²) in [5.41, 5.74) is 0.438. The smallest absolute Gasteiger partial charge is 0.162 e. The van der Waals surface area contributed by atoms with Crippen LogP contribution in [0.4, 0.5) is 8.78 Å². The van der Waals surface area contributed by atoms with E-state index in [2.05, 4.69) is 5.32 Å². The molecule has 2 unspecified atom stereocenters. The SMILES string of the molecule is CNC(Cc1cccc(F)c1F)CC1CCOC1. The Balaban J connectivity index is 1.98. The number of halogens is 2. The van der Waals surface area contributed by atoms with Gasteiger partial charge < -0.3 is 10.1 Å². The summed E-state index contributed by atoms with van der Waals surface area (Å²) >= 11 is 0. The van der Waals surface area contributed by atoms with Crippen LogP contribution in [0.25, 0.3) is 0 Å². The third-order valence-electron chi connectivity index (χ3n) is 3.55. The predicted octanol–water partition coefficient (Wildman–Crippen LogP) is 2.52. The van der Waals surface area contributed by atoms with Gasteiger partial charge in [0.15, 0.2) is 11.6 Å². The molecule has 0 aromatic heterocycles. The topological polar surface area (TPSA) is 21.3 Å². The Morgan fingerprint density at radius 1 is 1.44 bits per heavy atom. The largest absolute Gasteiger partial charge is 0.381 e. The standard InChI is InChI=1S/C14H19F2NO/c1-17-12(7-10-5-6-18-9-10)8-11-3-2-4-13(15)14(11)16/h2-4,10,12,17H,5-9H2,1H3. The van der Waals surface area contributed by atoms with Crippen molar-refractivity contribution >= 4 is 0 Å². The van der Waals surface area contributed by atoms with E-state index >= 15 is 0 Å². The quantitative estimate of drug-likeness (QED) is 0.873. The van der Waals surface area contributed by atoms with Crippen LogP contribution in [-0.4, -0.2) is 26.3 Å². The molecule has 1 aromatic rings. The second-order valence-corrected chi connectivity index (χ2v) is 4.87. The molecule has 1 saturated heterocycles. The van der Waals surface area contributed by atoms with Crippen molar-refractivity contribution < 1.29 is 13.5 Å². The first-order chi connectivity index (χ1) is 8.70. The average Bonchev–Trinajstić information content (AvgIpc) is 2.86. The normalized spacial score (nSPS) is 21.2. The van der Waals surface area contributed by atoms with Crippen LogP contribution in [0.15, 0.2) is 18.2 Å². The highest BCUT2D eigenvalue weighted by molar-refractivity contribution is 5.20. The third-order valence-corrected chi connectivity index (χ3v) is 3.55. The Kier molecular flexibility index (Phi) is 4.66. The van der Waals surface area contributed by atoms with E-state index < -0.39 is 11.6 Å². The van der Waals surface area contributed by atoms with Gasteiger partial charge in [-0.25, -0.2) is 8.78 Å². The van der Waals surface area contributed by atoms with Gasteiger partial charge in [0, 0.05) is 19.3 Å². The number of ether oxygens (including phenoxy) is 1. The van der Waals surface area contributed by atoms with Gasteiger partial charge in [0.05, 0.1) is 0 Å². The van der Waals surface area contributed by atoms with E-state index in [0.717, 1.165) is 32.1 Å². The fourth-order valence-electron chi connectivity index (χ4n) is 2.45. The zero-order chi connectivity index (χ0) is 13.0. The number of benzene rings is 1. The van der Waals surface area contributed by atoms with Crippen LogP contribution in [-0.2, 0) is 11.2 Å². The average molecular weight is 255 g/mol. The van der Waals surface area contributed by atoms with Crippen LogP contribution >= 0.6 is 0 Å². The van der Waals surface area contributed by atoms with Crippen molar-refractivity contribution in [1.29, 1.82) is 0 Å². The molecule has 4 heteroatoms. The predicted molar refractivity (Wildman–Crippen MR) is 66.5 cm³/mol. The van der Waals surface area contributed by atoms with Crippen molar-refractivity contribution in [3.8, 4) is 0 Å². The molecule has 1 aliphatic heterocycles. The van der Waals surface area contributed by atoms with Crippen LogP contribution in [0.2, 0.25) is 0 Å². The van der Waals surface area contributed by atoms with Crippen molar-refractivity contribution in [2.75, 3.05) is 20.3 Å². The number of rotatable bonds is 5. The van der Waals surface area contributed by atoms with Crippen molar-refractivity contribution in [1.82, 2.24) is 5.32 Å². The molecule has 100 valence electrons. The molecule has 1 aromatic carbocycles. The molecule has 0 aliphatic carbocycles. The molecule has 0 saturated carbocycles. The zero-order valence-corrected chi connectivity index (χ0v) is 10.6. The van der Waals surface area contributed by atoms with E-state index in [1.165, 1.54) is 0 Å². The highest BCUT2D eigenvalue weighted by atomic mass is 19.2. The summed E-state index contributed by atoms with van der Waals surface area (Å²) in [5.74, 6) is -0.967. The second kappa shape index (κ2) is 6.25. The molecule has 2 nitrogen and oxygen atoms in total. The minimum Gasteiger partial charge on any atom is -0.381 e. The Labute approximate surface area is 106 Å². The molecule has 0 radical (unpaired) electrons. The molecule has 1 aliphatic rings. The number of hydrogen-bond acceptors (Lipinski definition) is 2. The van der Waals surface area contributed by atoms with Crippen LogP contribution in [0.3, 0.4) is 0 Å². The minimum atomic E-state index is -0.772. The fourth-order valence-corrected chi connectivity index (χ4v) is 2.45. The van der Waals surface area contributed by atoms with E-state index in [-0.39, 0.29) is 6.04 Å². The van der Waals surface area contributed by atoms with E-state index in [1.54, 1.807) is 12.1 Å². The lowest BCUT2D eigenvalue weighted by molar-refractivity contribution is 0.181. The van der Waals surface area contributed by atoms with Crippen LogP contribution in [0, 0.1) is 17.6 Å². The lowest BCUT2D eigenvalue weighted by Gasteiger charge is -2.19. The van der Waals surface area contributed by atoms with Gasteiger partial charge in [-0.15, -0.1) is 0 Å². The molecular weight excluding hydrogens is 236 g/mol. The van der Waals surface area contributed by atoms with E-state index in [0.29, 0.717) is 17.9 Å². The summed E-state index contributed by atoms with van der Waals surface area (Å²) in [7, 11) is 1.86. The molecule has 1 heterocycles. The van der Waals surface area contributed by atoms with Crippen LogP contribution < -0.4 is 5.32 Å². The minimum absolute atomic E-state index is 0.160. The van der Waals surface area contributed by atoms with Crippen LogP contribution in [0.1, 0.15) is 18.4 Å². The van der Waals surface area contributed by atoms with Gasteiger partial charge in [-0.05, 0) is 43.9 Å². The molecule has 0 bridgehead atoms. The van der Waals surface area contributed by atoms with E-state index in [4.69, 9.17) is 4.74 Å². The monoisotopic (exact) mass is 255 g/mol. The van der Waals surface area contributed by atoms with Crippen molar-refractivity contribution in [3.05, 3.63) is 35.4 Å². The van der Waals surface area contributed by atoms with Gasteiger partial charge in [0.2, 0.25) is 0 Å². The molecule has 18 heavy (non-hydrogen) atoms. The molecule has 1 N–H and O–H groups in total. The third kappa shape index (κ3) is 3.27. The summed E-state index contributed by atoms with van der Waals surface area (Å²) in [6.07, 6.45) is 2.51. The maximum Gasteiger partial charge on any atom is 0.162 e. The Morgan fingerprint density at radius 2 is 2.28 bits per heavy atom. The maximum atomic E-state index is 13.6. The van der Waals surface area contributed by atoms with Crippen molar-refractivity contribution in [3.63, 3.8) is 0 Å². The fraction of sp³-hybridized carbons (Fsp3) is 0.571. The number of likely N-dealkylation sites (N-methyl/N-ethyl adjacent to an activating group) is 1. The summed E-state index contributed by atoms with van der Waals surface area (Å²) in [5, 5.41) is 3.18. The molecule has 1 fully saturated rings. The van der Waals surface area contributed by atoms with Crippen LogP contribution in [0.5, 0.6) is 0 Å². The Bertz CT molecular complexity index is 391. The van der Waals surface area contributed by atoms with Crippen molar-refractivity contribution in [2.24, 2.45) is 5.92 Å². The first kappa shape index (κ1) is 13.4. The van der Waals surface area contributed by atoms with E-state index in [9.17, 15) is 8.78 Å². The molecule has 0 amide bonds. The zero-order valence-electron chi connectivity index (χ0n) is 10.6. The van der Waals surface area contributed by atoms with E-state index in [1.807, 2.05) is 7.05 Å². The summed E-state index contributed by atoms with van der Waals surface area (Å²) in [6, 6.07) is 4.51. The maximum absolute atomic E-state index is 13.6. The first-order valence-electron chi connectivity index (χ1n) is 6.38. The lowest BCUT2D eigenvalue weighted by atomic mass is 9.94. The summed E-state index contributed by atoms with van der Waals surface area (Å²) < 4.78 is 32.0. The van der Waals surface area contributed by atoms with Gasteiger partial charge in [0.25, 0.3) is 0 Å². The van der Waals surface area contributed by atoms with Gasteiger partial charge in [-0.3, -0.25) is 0 Å². The van der Waals surface area contributed by atoms with Gasteiger partial charge in [-0.1, -0.05) is 12.1 Å². The summed E-state index contributed by atoms with van der Waals surface area (Å²) in [6.45, 7) is 1.60. The highest BCUT2D eigenvalue weighted by Crippen LogP contribution is 2.21. The summed E-state index contributed by atoms with van der Waals surface area (Å²) in [4.78, 5) is 0. The van der Waals surface area contributed by atoms with Gasteiger partial charge in [0.1, 0.15) is 0 Å². The second-order valence-electron chi connectivity index (χ2n) is 4.87.